The molecule has 0 aliphatic carbocycles. The molecule has 0 saturated heterocycles. The molecule has 1 unspecified atom stereocenters. The normalized spacial score (nSPS) is 12.7. The molecule has 0 aliphatic rings. The minimum absolute atomic E-state index is 0.232. The first-order valence-corrected chi connectivity index (χ1v) is 6.15. The topological polar surface area (TPSA) is 21.3 Å². The van der Waals surface area contributed by atoms with E-state index in [1.165, 1.54) is 6.07 Å². The van der Waals surface area contributed by atoms with Crippen molar-refractivity contribution in [3.63, 3.8) is 0 Å². The molecule has 2 nitrogen and oxygen atoms in total. The Morgan fingerprint density at radius 2 is 2.24 bits per heavy atom. The number of ether oxygens (including phenoxy) is 1. The molecule has 0 bridgehead atoms. The van der Waals surface area contributed by atoms with E-state index in [1.54, 1.807) is 19.2 Å². The van der Waals surface area contributed by atoms with Gasteiger partial charge in [-0.3, -0.25) is 0 Å². The Hall–Kier alpha value is -0.640. The molecule has 0 amide bonds. The summed E-state index contributed by atoms with van der Waals surface area (Å²) in [4.78, 5) is 0. The molecule has 1 aromatic carbocycles. The molecule has 17 heavy (non-hydrogen) atoms. The predicted octanol–water partition coefficient (Wildman–Crippen LogP) is 3.04. The van der Waals surface area contributed by atoms with Crippen LogP contribution in [0.15, 0.2) is 18.2 Å². The number of hydrogen-bond donors (Lipinski definition) is 1. The summed E-state index contributed by atoms with van der Waals surface area (Å²) in [7, 11) is 3.58. The van der Waals surface area contributed by atoms with Gasteiger partial charge in [-0.15, -0.1) is 0 Å². The van der Waals surface area contributed by atoms with Crippen LogP contribution in [-0.4, -0.2) is 26.8 Å². The van der Waals surface area contributed by atoms with Crippen LogP contribution in [0, 0.1) is 5.82 Å². The fourth-order valence-electron chi connectivity index (χ4n) is 1.78. The second-order valence-corrected chi connectivity index (χ2v) is 4.50. The van der Waals surface area contributed by atoms with Gasteiger partial charge in [0.1, 0.15) is 5.82 Å². The number of rotatable bonds is 7. The van der Waals surface area contributed by atoms with Gasteiger partial charge in [0.2, 0.25) is 0 Å². The van der Waals surface area contributed by atoms with Gasteiger partial charge >= 0.3 is 0 Å². The number of nitrogens with one attached hydrogen (secondary N) is 1. The zero-order valence-electron chi connectivity index (χ0n) is 10.3. The lowest BCUT2D eigenvalue weighted by molar-refractivity contribution is 0.189. The van der Waals surface area contributed by atoms with Crippen LogP contribution in [0.25, 0.3) is 0 Å². The first-order valence-electron chi connectivity index (χ1n) is 5.77. The Kier molecular flexibility index (Phi) is 6.48. The quantitative estimate of drug-likeness (QED) is 0.760. The molecule has 0 spiro atoms. The van der Waals surface area contributed by atoms with Crippen molar-refractivity contribution in [2.24, 2.45) is 0 Å². The van der Waals surface area contributed by atoms with Gasteiger partial charge in [-0.2, -0.15) is 0 Å². The number of methoxy groups -OCH3 is 1. The highest BCUT2D eigenvalue weighted by Crippen LogP contribution is 2.17. The van der Waals surface area contributed by atoms with Crippen LogP contribution in [0.5, 0.6) is 0 Å². The highest BCUT2D eigenvalue weighted by atomic mass is 35.5. The molecular weight excluding hydrogens is 241 g/mol. The van der Waals surface area contributed by atoms with E-state index >= 15 is 0 Å². The summed E-state index contributed by atoms with van der Waals surface area (Å²) in [5, 5.41) is 3.63. The first kappa shape index (κ1) is 14.4. The summed E-state index contributed by atoms with van der Waals surface area (Å²) in [6.45, 7) is 0.737. The fraction of sp³-hybridized carbons (Fsp3) is 0.538. The van der Waals surface area contributed by atoms with Crippen LogP contribution in [0.1, 0.15) is 18.4 Å². The molecule has 1 rings (SSSR count). The van der Waals surface area contributed by atoms with Crippen molar-refractivity contribution >= 4 is 11.6 Å². The highest BCUT2D eigenvalue weighted by molar-refractivity contribution is 6.30. The van der Waals surface area contributed by atoms with Crippen molar-refractivity contribution in [2.45, 2.75) is 25.3 Å². The third-order valence-electron chi connectivity index (χ3n) is 2.79. The number of hydrogen-bond acceptors (Lipinski definition) is 2. The highest BCUT2D eigenvalue weighted by Gasteiger charge is 2.10. The molecule has 0 aromatic heterocycles. The molecule has 0 saturated carbocycles. The molecule has 4 heteroatoms. The maximum absolute atomic E-state index is 13.6. The van der Waals surface area contributed by atoms with Gasteiger partial charge in [0.05, 0.1) is 0 Å². The van der Waals surface area contributed by atoms with E-state index < -0.39 is 0 Å². The maximum atomic E-state index is 13.6. The summed E-state index contributed by atoms with van der Waals surface area (Å²) in [6.07, 6.45) is 2.60. The van der Waals surface area contributed by atoms with Gasteiger partial charge < -0.3 is 10.1 Å². The average Bonchev–Trinajstić information content (AvgIpc) is 2.31. The van der Waals surface area contributed by atoms with Crippen molar-refractivity contribution in [1.82, 2.24) is 5.32 Å². The Labute approximate surface area is 107 Å². The van der Waals surface area contributed by atoms with Gasteiger partial charge in [0.25, 0.3) is 0 Å². The van der Waals surface area contributed by atoms with Crippen molar-refractivity contribution < 1.29 is 9.13 Å². The summed E-state index contributed by atoms with van der Waals surface area (Å²) in [5.41, 5.74) is 0.700. The Morgan fingerprint density at radius 1 is 1.47 bits per heavy atom. The zero-order valence-corrected chi connectivity index (χ0v) is 11.1. The Morgan fingerprint density at radius 3 is 2.82 bits per heavy atom. The summed E-state index contributed by atoms with van der Waals surface area (Å²) < 4.78 is 18.6. The van der Waals surface area contributed by atoms with Crippen LogP contribution in [0.4, 0.5) is 4.39 Å². The van der Waals surface area contributed by atoms with Crippen molar-refractivity contribution in [3.8, 4) is 0 Å². The summed E-state index contributed by atoms with van der Waals surface area (Å²) in [6, 6.07) is 5.10. The SMILES string of the molecule is CNC(CCCOC)Cc1ccc(Cl)cc1F. The average molecular weight is 260 g/mol. The van der Waals surface area contributed by atoms with Gasteiger partial charge in [0.15, 0.2) is 0 Å². The lowest BCUT2D eigenvalue weighted by Gasteiger charge is -2.16. The van der Waals surface area contributed by atoms with Crippen LogP contribution >= 0.6 is 11.6 Å². The monoisotopic (exact) mass is 259 g/mol. The van der Waals surface area contributed by atoms with Crippen molar-refractivity contribution in [3.05, 3.63) is 34.6 Å². The van der Waals surface area contributed by atoms with Crippen molar-refractivity contribution in [2.75, 3.05) is 20.8 Å². The molecule has 1 N–H and O–H groups in total. The summed E-state index contributed by atoms with van der Waals surface area (Å²) >= 11 is 5.72. The smallest absolute Gasteiger partial charge is 0.127 e. The predicted molar refractivity (Wildman–Crippen MR) is 69.1 cm³/mol. The van der Waals surface area contributed by atoms with E-state index in [2.05, 4.69) is 5.32 Å². The fourth-order valence-corrected chi connectivity index (χ4v) is 1.93. The van der Waals surface area contributed by atoms with Gasteiger partial charge in [-0.25, -0.2) is 4.39 Å². The second kappa shape index (κ2) is 7.64. The molecular formula is C13H19ClFNO. The van der Waals surface area contributed by atoms with Gasteiger partial charge in [-0.1, -0.05) is 17.7 Å². The zero-order chi connectivity index (χ0) is 12.7. The maximum Gasteiger partial charge on any atom is 0.127 e. The van der Waals surface area contributed by atoms with E-state index in [-0.39, 0.29) is 11.9 Å². The van der Waals surface area contributed by atoms with Crippen LogP contribution < -0.4 is 5.32 Å². The number of likely N-dealkylation sites (N-methyl/N-ethyl adjacent to an activating group) is 1. The molecule has 1 aromatic rings. The van der Waals surface area contributed by atoms with Gasteiger partial charge in [0, 0.05) is 24.8 Å². The largest absolute Gasteiger partial charge is 0.385 e. The molecule has 0 radical (unpaired) electrons. The van der Waals surface area contributed by atoms with Crippen molar-refractivity contribution in [1.29, 1.82) is 0 Å². The minimum Gasteiger partial charge on any atom is -0.385 e. The van der Waals surface area contributed by atoms with Crippen LogP contribution in [-0.2, 0) is 11.2 Å². The third kappa shape index (κ3) is 5.02. The minimum atomic E-state index is -0.232. The second-order valence-electron chi connectivity index (χ2n) is 4.06. The Bertz CT molecular complexity index is 346. The molecule has 96 valence electrons. The molecule has 0 heterocycles. The third-order valence-corrected chi connectivity index (χ3v) is 3.03. The molecule has 0 aliphatic heterocycles. The Balaban J connectivity index is 2.54. The van der Waals surface area contributed by atoms with E-state index in [0.29, 0.717) is 17.0 Å². The molecule has 1 atom stereocenters. The van der Waals surface area contributed by atoms with Crippen LogP contribution in [0.3, 0.4) is 0 Å². The van der Waals surface area contributed by atoms with Gasteiger partial charge in [-0.05, 0) is 44.0 Å². The van der Waals surface area contributed by atoms with E-state index in [0.717, 1.165) is 19.4 Å². The molecule has 0 fully saturated rings. The lowest BCUT2D eigenvalue weighted by Crippen LogP contribution is -2.28. The summed E-state index contributed by atoms with van der Waals surface area (Å²) in [5.74, 6) is -0.232. The van der Waals surface area contributed by atoms with E-state index in [1.807, 2.05) is 7.05 Å². The van der Waals surface area contributed by atoms with E-state index in [9.17, 15) is 4.39 Å². The number of benzene rings is 1. The van der Waals surface area contributed by atoms with Crippen LogP contribution in [0.2, 0.25) is 5.02 Å². The standard InChI is InChI=1S/C13H19ClFNO/c1-16-12(4-3-7-17-2)8-10-5-6-11(14)9-13(10)15/h5-6,9,12,16H,3-4,7-8H2,1-2H3. The first-order chi connectivity index (χ1) is 8.17. The lowest BCUT2D eigenvalue weighted by atomic mass is 10.0. The van der Waals surface area contributed by atoms with E-state index in [4.69, 9.17) is 16.3 Å². The number of halogens is 2.